The minimum Gasteiger partial charge on any atom is -0.489 e. The van der Waals surface area contributed by atoms with Crippen LogP contribution in [0.4, 0.5) is 0 Å². The third kappa shape index (κ3) is 5.60. The van der Waals surface area contributed by atoms with E-state index in [1.54, 1.807) is 0 Å². The van der Waals surface area contributed by atoms with E-state index in [1.807, 2.05) is 36.4 Å². The van der Waals surface area contributed by atoms with Crippen LogP contribution in [0.1, 0.15) is 22.3 Å². The van der Waals surface area contributed by atoms with Crippen molar-refractivity contribution in [2.75, 3.05) is 0 Å². The third-order valence-electron chi connectivity index (χ3n) is 4.07. The Morgan fingerprint density at radius 1 is 0.923 bits per heavy atom. The zero-order valence-electron chi connectivity index (χ0n) is 14.6. The lowest BCUT2D eigenvalue weighted by atomic mass is 10.1. The first kappa shape index (κ1) is 19.0. The van der Waals surface area contributed by atoms with Gasteiger partial charge in [-0.2, -0.15) is 0 Å². The van der Waals surface area contributed by atoms with Gasteiger partial charge in [0.1, 0.15) is 12.4 Å². The van der Waals surface area contributed by atoms with Crippen molar-refractivity contribution in [3.63, 3.8) is 0 Å². The molecule has 0 atom stereocenters. The number of benzene rings is 3. The van der Waals surface area contributed by atoms with Gasteiger partial charge in [-0.15, -0.1) is 0 Å². The van der Waals surface area contributed by atoms with Crippen molar-refractivity contribution >= 4 is 27.5 Å². The molecule has 0 amide bonds. The minimum atomic E-state index is 0.493. The monoisotopic (exact) mass is 429 g/mol. The molecule has 0 radical (unpaired) electrons. The van der Waals surface area contributed by atoms with Crippen molar-refractivity contribution in [2.24, 2.45) is 0 Å². The molecule has 2 nitrogen and oxygen atoms in total. The Labute approximate surface area is 168 Å². The van der Waals surface area contributed by atoms with Crippen LogP contribution in [-0.4, -0.2) is 0 Å². The maximum atomic E-state index is 6.04. The molecular formula is C22H21BrClNO. The molecule has 0 spiro atoms. The van der Waals surface area contributed by atoms with Gasteiger partial charge in [-0.25, -0.2) is 0 Å². The normalized spacial score (nSPS) is 10.7. The highest BCUT2D eigenvalue weighted by Gasteiger charge is 2.06. The van der Waals surface area contributed by atoms with Crippen LogP contribution in [0.5, 0.6) is 5.75 Å². The number of nitrogens with one attached hydrogen (secondary N) is 1. The van der Waals surface area contributed by atoms with Crippen LogP contribution >= 0.6 is 27.5 Å². The molecule has 0 bridgehead atoms. The Bertz CT molecular complexity index is 864. The number of halogens is 2. The fourth-order valence-electron chi connectivity index (χ4n) is 2.66. The molecule has 26 heavy (non-hydrogen) atoms. The smallest absolute Gasteiger partial charge is 0.124 e. The second-order valence-electron chi connectivity index (χ2n) is 6.26. The summed E-state index contributed by atoms with van der Waals surface area (Å²) in [6, 6.07) is 22.4. The molecule has 1 N–H and O–H groups in total. The Hall–Kier alpha value is -1.81. The molecule has 0 fully saturated rings. The number of aryl methyl sites for hydroxylation is 1. The van der Waals surface area contributed by atoms with E-state index in [2.05, 4.69) is 58.5 Å². The maximum absolute atomic E-state index is 6.04. The first-order chi connectivity index (χ1) is 12.6. The lowest BCUT2D eigenvalue weighted by Crippen LogP contribution is -2.13. The Morgan fingerprint density at radius 2 is 1.73 bits per heavy atom. The lowest BCUT2D eigenvalue weighted by molar-refractivity contribution is 0.302. The fourth-order valence-corrected chi connectivity index (χ4v) is 3.28. The molecule has 0 aromatic heterocycles. The number of hydrogen-bond acceptors (Lipinski definition) is 2. The molecule has 0 aliphatic rings. The van der Waals surface area contributed by atoms with Crippen molar-refractivity contribution in [3.8, 4) is 5.75 Å². The molecule has 0 aliphatic heterocycles. The van der Waals surface area contributed by atoms with Gasteiger partial charge in [0.25, 0.3) is 0 Å². The van der Waals surface area contributed by atoms with E-state index in [1.165, 1.54) is 11.1 Å². The third-order valence-corrected chi connectivity index (χ3v) is 4.80. The maximum Gasteiger partial charge on any atom is 0.124 e. The van der Waals surface area contributed by atoms with Crippen LogP contribution in [-0.2, 0) is 19.7 Å². The van der Waals surface area contributed by atoms with Crippen molar-refractivity contribution < 1.29 is 4.74 Å². The fraction of sp³-hybridized carbons (Fsp3) is 0.182. The van der Waals surface area contributed by atoms with Gasteiger partial charge >= 0.3 is 0 Å². The van der Waals surface area contributed by atoms with Gasteiger partial charge in [0.2, 0.25) is 0 Å². The molecular weight excluding hydrogens is 410 g/mol. The van der Waals surface area contributed by atoms with E-state index in [9.17, 15) is 0 Å². The topological polar surface area (TPSA) is 21.3 Å². The summed E-state index contributed by atoms with van der Waals surface area (Å²) in [7, 11) is 0. The number of hydrogen-bond donors (Lipinski definition) is 1. The first-order valence-electron chi connectivity index (χ1n) is 8.52. The summed E-state index contributed by atoms with van der Waals surface area (Å²) in [5.74, 6) is 0.879. The van der Waals surface area contributed by atoms with Gasteiger partial charge in [-0.1, -0.05) is 69.5 Å². The van der Waals surface area contributed by atoms with Gasteiger partial charge in [-0.05, 0) is 48.4 Å². The van der Waals surface area contributed by atoms with Crippen LogP contribution in [0, 0.1) is 6.92 Å². The highest BCUT2D eigenvalue weighted by atomic mass is 79.9. The van der Waals surface area contributed by atoms with Crippen LogP contribution in [0.3, 0.4) is 0 Å². The van der Waals surface area contributed by atoms with Gasteiger partial charge in [0, 0.05) is 28.1 Å². The second kappa shape index (κ2) is 9.22. The predicted octanol–water partition coefficient (Wildman–Crippen LogP) is 6.28. The highest BCUT2D eigenvalue weighted by molar-refractivity contribution is 9.10. The van der Waals surface area contributed by atoms with Crippen molar-refractivity contribution in [3.05, 3.63) is 98.5 Å². The van der Waals surface area contributed by atoms with Crippen LogP contribution in [0.2, 0.25) is 5.02 Å². The number of rotatable bonds is 7. The first-order valence-corrected chi connectivity index (χ1v) is 9.69. The van der Waals surface area contributed by atoms with E-state index in [0.29, 0.717) is 6.61 Å². The molecule has 4 heteroatoms. The van der Waals surface area contributed by atoms with Gasteiger partial charge in [0.15, 0.2) is 0 Å². The quantitative estimate of drug-likeness (QED) is 0.476. The van der Waals surface area contributed by atoms with Crippen molar-refractivity contribution in [1.29, 1.82) is 0 Å². The largest absolute Gasteiger partial charge is 0.489 e. The molecule has 3 aromatic carbocycles. The van der Waals surface area contributed by atoms with Crippen LogP contribution in [0.25, 0.3) is 0 Å². The van der Waals surface area contributed by atoms with Crippen LogP contribution < -0.4 is 10.1 Å². The van der Waals surface area contributed by atoms with E-state index in [-0.39, 0.29) is 0 Å². The summed E-state index contributed by atoms with van der Waals surface area (Å²) in [4.78, 5) is 0. The Morgan fingerprint density at radius 3 is 2.50 bits per heavy atom. The van der Waals surface area contributed by atoms with Crippen molar-refractivity contribution in [2.45, 2.75) is 26.6 Å². The van der Waals surface area contributed by atoms with E-state index >= 15 is 0 Å². The summed E-state index contributed by atoms with van der Waals surface area (Å²) in [6.45, 7) is 4.15. The molecule has 3 aromatic rings. The molecule has 0 saturated heterocycles. The van der Waals surface area contributed by atoms with E-state index < -0.39 is 0 Å². The van der Waals surface area contributed by atoms with Crippen LogP contribution in [0.15, 0.2) is 71.2 Å². The van der Waals surface area contributed by atoms with E-state index in [4.69, 9.17) is 16.3 Å². The molecule has 3 rings (SSSR count). The summed E-state index contributed by atoms with van der Waals surface area (Å²) >= 11 is 9.59. The summed E-state index contributed by atoms with van der Waals surface area (Å²) in [5.41, 5.74) is 4.72. The lowest BCUT2D eigenvalue weighted by Gasteiger charge is -2.13. The molecule has 0 heterocycles. The highest BCUT2D eigenvalue weighted by Crippen LogP contribution is 2.24. The predicted molar refractivity (Wildman–Crippen MR) is 112 cm³/mol. The summed E-state index contributed by atoms with van der Waals surface area (Å²) in [6.07, 6.45) is 0. The molecule has 0 unspecified atom stereocenters. The average Bonchev–Trinajstić information content (AvgIpc) is 2.63. The molecule has 0 saturated carbocycles. The minimum absolute atomic E-state index is 0.493. The summed E-state index contributed by atoms with van der Waals surface area (Å²) < 4.78 is 7.07. The average molecular weight is 431 g/mol. The van der Waals surface area contributed by atoms with Gasteiger partial charge in [-0.3, -0.25) is 0 Å². The standard InChI is InChI=1S/C22H21BrClNO/c1-16-5-7-17(8-6-16)13-25-14-19-12-20(23)9-10-22(19)26-15-18-3-2-4-21(24)11-18/h2-12,25H,13-15H2,1H3. The van der Waals surface area contributed by atoms with E-state index in [0.717, 1.165) is 39.5 Å². The summed E-state index contributed by atoms with van der Waals surface area (Å²) in [5, 5.41) is 4.21. The van der Waals surface area contributed by atoms with Gasteiger partial charge < -0.3 is 10.1 Å². The molecule has 0 aliphatic carbocycles. The van der Waals surface area contributed by atoms with Crippen molar-refractivity contribution in [1.82, 2.24) is 5.32 Å². The zero-order valence-corrected chi connectivity index (χ0v) is 17.0. The SMILES string of the molecule is Cc1ccc(CNCc2cc(Br)ccc2OCc2cccc(Cl)c2)cc1. The number of ether oxygens (including phenoxy) is 1. The molecule has 134 valence electrons. The Kier molecular flexibility index (Phi) is 6.73. The Balaban J connectivity index is 1.62. The zero-order chi connectivity index (χ0) is 18.4. The van der Waals surface area contributed by atoms with Gasteiger partial charge in [0.05, 0.1) is 0 Å². The second-order valence-corrected chi connectivity index (χ2v) is 7.61.